The van der Waals surface area contributed by atoms with Gasteiger partial charge in [0.05, 0.1) is 6.61 Å². The number of cyclic esters (lactones) is 1. The van der Waals surface area contributed by atoms with E-state index in [0.29, 0.717) is 10.6 Å². The standard InChI is InChI=1S/C27H23ClO5/c28-23-13-11-19(12-14-23)15-22-16-27(17-29,33-25(22)30)18-32-26(31)24(20-7-3-1-4-8-20)21-9-5-2-6-10-21/h1-15,24,29H,16-18H2/b22-15-. The van der Waals surface area contributed by atoms with Crippen molar-refractivity contribution in [3.05, 3.63) is 112 Å². The Bertz CT molecular complexity index is 1100. The first-order valence-electron chi connectivity index (χ1n) is 10.6. The van der Waals surface area contributed by atoms with E-state index in [2.05, 4.69) is 0 Å². The molecule has 1 N–H and O–H groups in total. The van der Waals surface area contributed by atoms with Gasteiger partial charge in [0.15, 0.2) is 5.60 Å². The summed E-state index contributed by atoms with van der Waals surface area (Å²) in [6.07, 6.45) is 1.81. The van der Waals surface area contributed by atoms with Crippen LogP contribution in [0.15, 0.2) is 90.5 Å². The number of aliphatic hydroxyl groups excluding tert-OH is 1. The van der Waals surface area contributed by atoms with Gasteiger partial charge in [0, 0.05) is 17.0 Å². The summed E-state index contributed by atoms with van der Waals surface area (Å²) in [5.41, 5.74) is 1.44. The molecule has 0 saturated carbocycles. The highest BCUT2D eigenvalue weighted by Gasteiger charge is 2.45. The van der Waals surface area contributed by atoms with Gasteiger partial charge in [-0.25, -0.2) is 4.79 Å². The SMILES string of the molecule is O=C1OC(CO)(COC(=O)C(c2ccccc2)c2ccccc2)C/C1=C/c1ccc(Cl)cc1. The molecule has 3 aromatic carbocycles. The lowest BCUT2D eigenvalue weighted by Gasteiger charge is -2.26. The molecule has 1 heterocycles. The highest BCUT2D eigenvalue weighted by atomic mass is 35.5. The predicted octanol–water partition coefficient (Wildman–Crippen LogP) is 4.78. The predicted molar refractivity (Wildman–Crippen MR) is 126 cm³/mol. The van der Waals surface area contributed by atoms with E-state index in [1.165, 1.54) is 0 Å². The van der Waals surface area contributed by atoms with Gasteiger partial charge in [-0.05, 0) is 34.9 Å². The van der Waals surface area contributed by atoms with E-state index in [4.69, 9.17) is 21.1 Å². The van der Waals surface area contributed by atoms with Crippen molar-refractivity contribution in [2.45, 2.75) is 17.9 Å². The van der Waals surface area contributed by atoms with E-state index in [-0.39, 0.29) is 13.0 Å². The number of aliphatic hydroxyl groups is 1. The van der Waals surface area contributed by atoms with Gasteiger partial charge in [-0.15, -0.1) is 0 Å². The van der Waals surface area contributed by atoms with Crippen molar-refractivity contribution >= 4 is 29.6 Å². The van der Waals surface area contributed by atoms with Crippen LogP contribution in [0.1, 0.15) is 29.0 Å². The van der Waals surface area contributed by atoms with Gasteiger partial charge in [-0.2, -0.15) is 0 Å². The van der Waals surface area contributed by atoms with E-state index < -0.39 is 30.1 Å². The monoisotopic (exact) mass is 462 g/mol. The van der Waals surface area contributed by atoms with Crippen LogP contribution >= 0.6 is 11.6 Å². The van der Waals surface area contributed by atoms with E-state index in [1.807, 2.05) is 60.7 Å². The van der Waals surface area contributed by atoms with Crippen molar-refractivity contribution in [1.82, 2.24) is 0 Å². The lowest BCUT2D eigenvalue weighted by molar-refractivity contribution is -0.166. The van der Waals surface area contributed by atoms with E-state index in [9.17, 15) is 14.7 Å². The summed E-state index contributed by atoms with van der Waals surface area (Å²) >= 11 is 5.92. The fourth-order valence-electron chi connectivity index (χ4n) is 3.84. The lowest BCUT2D eigenvalue weighted by atomic mass is 9.91. The van der Waals surface area contributed by atoms with Crippen LogP contribution in [0.2, 0.25) is 5.02 Å². The molecular formula is C27H23ClO5. The summed E-state index contributed by atoms with van der Waals surface area (Å²) in [4.78, 5) is 25.6. The Labute approximate surface area is 197 Å². The molecule has 33 heavy (non-hydrogen) atoms. The van der Waals surface area contributed by atoms with E-state index in [0.717, 1.165) is 16.7 Å². The average Bonchev–Trinajstić information content (AvgIpc) is 3.16. The number of hydrogen-bond donors (Lipinski definition) is 1. The summed E-state index contributed by atoms with van der Waals surface area (Å²) in [5, 5.41) is 10.6. The first kappa shape index (κ1) is 22.8. The van der Waals surface area contributed by atoms with Crippen LogP contribution < -0.4 is 0 Å². The zero-order chi connectivity index (χ0) is 23.3. The number of halogens is 1. The number of rotatable bonds is 7. The molecule has 0 aliphatic carbocycles. The summed E-state index contributed by atoms with van der Waals surface area (Å²) in [7, 11) is 0. The summed E-state index contributed by atoms with van der Waals surface area (Å²) in [6, 6.07) is 25.7. The molecule has 0 radical (unpaired) electrons. The quantitative estimate of drug-likeness (QED) is 0.404. The van der Waals surface area contributed by atoms with Crippen molar-refractivity contribution < 1.29 is 24.2 Å². The highest BCUT2D eigenvalue weighted by Crippen LogP contribution is 2.34. The number of hydrogen-bond acceptors (Lipinski definition) is 5. The molecule has 0 bridgehead atoms. The number of carbonyl (C=O) groups is 2. The first-order valence-corrected chi connectivity index (χ1v) is 10.9. The Morgan fingerprint density at radius 2 is 1.58 bits per heavy atom. The number of benzene rings is 3. The van der Waals surface area contributed by atoms with Crippen LogP contribution in [-0.4, -0.2) is 35.9 Å². The molecule has 1 aliphatic heterocycles. The maximum atomic E-state index is 13.2. The minimum absolute atomic E-state index is 0.125. The molecule has 4 rings (SSSR count). The molecule has 0 amide bonds. The normalized spacial score (nSPS) is 19.0. The molecule has 0 spiro atoms. The van der Waals surface area contributed by atoms with Gasteiger partial charge in [0.25, 0.3) is 0 Å². The van der Waals surface area contributed by atoms with Gasteiger partial charge in [-0.1, -0.05) is 84.4 Å². The summed E-state index contributed by atoms with van der Waals surface area (Å²) < 4.78 is 11.1. The Hall–Kier alpha value is -3.41. The van der Waals surface area contributed by atoms with Gasteiger partial charge in [-0.3, -0.25) is 4.79 Å². The maximum Gasteiger partial charge on any atom is 0.334 e. The van der Waals surface area contributed by atoms with Crippen LogP contribution in [0.3, 0.4) is 0 Å². The van der Waals surface area contributed by atoms with Crippen molar-refractivity contribution in [1.29, 1.82) is 0 Å². The summed E-state index contributed by atoms with van der Waals surface area (Å²) in [6.45, 7) is -0.715. The minimum atomic E-state index is -1.32. The molecule has 1 aliphatic rings. The molecule has 3 aromatic rings. The van der Waals surface area contributed by atoms with Crippen molar-refractivity contribution in [3.8, 4) is 0 Å². The number of carbonyl (C=O) groups excluding carboxylic acids is 2. The van der Waals surface area contributed by atoms with Crippen LogP contribution in [0.4, 0.5) is 0 Å². The lowest BCUT2D eigenvalue weighted by Crippen LogP contribution is -2.40. The molecule has 0 aromatic heterocycles. The topological polar surface area (TPSA) is 72.8 Å². The Morgan fingerprint density at radius 3 is 2.12 bits per heavy atom. The summed E-state index contributed by atoms with van der Waals surface area (Å²) in [5.74, 6) is -1.66. The minimum Gasteiger partial charge on any atom is -0.461 e. The second kappa shape index (κ2) is 10.0. The first-order chi connectivity index (χ1) is 16.0. The number of ether oxygens (including phenoxy) is 2. The van der Waals surface area contributed by atoms with Crippen molar-refractivity contribution in [2.24, 2.45) is 0 Å². The van der Waals surface area contributed by atoms with E-state index >= 15 is 0 Å². The van der Waals surface area contributed by atoms with Crippen LogP contribution in [-0.2, 0) is 19.1 Å². The largest absolute Gasteiger partial charge is 0.461 e. The van der Waals surface area contributed by atoms with Crippen LogP contribution in [0.25, 0.3) is 6.08 Å². The third-order valence-corrected chi connectivity index (χ3v) is 5.81. The molecule has 1 fully saturated rings. The Balaban J connectivity index is 1.52. The zero-order valence-corrected chi connectivity index (χ0v) is 18.6. The molecular weight excluding hydrogens is 440 g/mol. The second-order valence-corrected chi connectivity index (χ2v) is 8.43. The zero-order valence-electron chi connectivity index (χ0n) is 17.8. The molecule has 5 nitrogen and oxygen atoms in total. The molecule has 1 atom stereocenters. The Morgan fingerprint density at radius 1 is 1.00 bits per heavy atom. The van der Waals surface area contributed by atoms with Crippen molar-refractivity contribution in [2.75, 3.05) is 13.2 Å². The Kier molecular flexibility index (Phi) is 6.92. The van der Waals surface area contributed by atoms with E-state index in [1.54, 1.807) is 30.3 Å². The van der Waals surface area contributed by atoms with Gasteiger partial charge < -0.3 is 14.6 Å². The second-order valence-electron chi connectivity index (χ2n) is 7.99. The van der Waals surface area contributed by atoms with Gasteiger partial charge >= 0.3 is 11.9 Å². The average molecular weight is 463 g/mol. The molecule has 6 heteroatoms. The molecule has 168 valence electrons. The fourth-order valence-corrected chi connectivity index (χ4v) is 3.97. The third-order valence-electron chi connectivity index (χ3n) is 5.56. The van der Waals surface area contributed by atoms with Crippen LogP contribution in [0, 0.1) is 0 Å². The fraction of sp³-hybridized carbons (Fsp3) is 0.185. The van der Waals surface area contributed by atoms with Crippen molar-refractivity contribution in [3.63, 3.8) is 0 Å². The maximum absolute atomic E-state index is 13.2. The highest BCUT2D eigenvalue weighted by molar-refractivity contribution is 6.30. The van der Waals surface area contributed by atoms with Crippen LogP contribution in [0.5, 0.6) is 0 Å². The van der Waals surface area contributed by atoms with Gasteiger partial charge in [0.1, 0.15) is 12.5 Å². The molecule has 1 saturated heterocycles. The molecule has 1 unspecified atom stereocenters. The van der Waals surface area contributed by atoms with Gasteiger partial charge in [0.2, 0.25) is 0 Å². The number of esters is 2. The third kappa shape index (κ3) is 5.33. The smallest absolute Gasteiger partial charge is 0.334 e.